The van der Waals surface area contributed by atoms with E-state index < -0.39 is 0 Å². The zero-order valence-electron chi connectivity index (χ0n) is 15.6. The lowest BCUT2D eigenvalue weighted by Gasteiger charge is -2.31. The first-order valence-electron chi connectivity index (χ1n) is 9.48. The Morgan fingerprint density at radius 2 is 2.00 bits per heavy atom. The van der Waals surface area contributed by atoms with Crippen molar-refractivity contribution >= 4 is 28.7 Å². The van der Waals surface area contributed by atoms with E-state index in [2.05, 4.69) is 46.4 Å². The number of fused-ring (bicyclic) bond motifs is 1. The van der Waals surface area contributed by atoms with Gasteiger partial charge in [-0.3, -0.25) is 0 Å². The van der Waals surface area contributed by atoms with Crippen LogP contribution in [-0.2, 0) is 6.42 Å². The zero-order valence-corrected chi connectivity index (χ0v) is 16.4. The van der Waals surface area contributed by atoms with Crippen molar-refractivity contribution in [1.82, 2.24) is 5.32 Å². The third-order valence-corrected chi connectivity index (χ3v) is 4.82. The van der Waals surface area contributed by atoms with Gasteiger partial charge in [0.05, 0.1) is 0 Å². The van der Waals surface area contributed by atoms with Gasteiger partial charge in [0.2, 0.25) is 0 Å². The lowest BCUT2D eigenvalue weighted by Crippen LogP contribution is -2.34. The zero-order chi connectivity index (χ0) is 18.9. The molecule has 0 bridgehead atoms. The molecule has 2 aromatic rings. The second-order valence-electron chi connectivity index (χ2n) is 6.58. The number of nitrogens with one attached hydrogen (secondary N) is 2. The molecule has 2 N–H and O–H groups in total. The van der Waals surface area contributed by atoms with E-state index >= 15 is 0 Å². The average molecular weight is 382 g/mol. The molecule has 5 heteroatoms. The van der Waals surface area contributed by atoms with E-state index in [0.29, 0.717) is 11.7 Å². The number of ether oxygens (including phenoxy) is 1. The molecule has 0 unspecified atom stereocenters. The van der Waals surface area contributed by atoms with E-state index in [1.54, 1.807) is 6.08 Å². The number of anilines is 2. The molecule has 2 aromatic carbocycles. The largest absolute Gasteiger partial charge is 0.490 e. The lowest BCUT2D eigenvalue weighted by molar-refractivity contribution is 0.363. The quantitative estimate of drug-likeness (QED) is 0.403. The highest BCUT2D eigenvalue weighted by molar-refractivity contribution is 7.80. The molecule has 0 saturated carbocycles. The number of hydrogen-bond acceptors (Lipinski definition) is 3. The van der Waals surface area contributed by atoms with Gasteiger partial charge in [-0.15, -0.1) is 0 Å². The SMILES string of the molecule is C=CCOc1ccc(NC(=S)NCCCN2CCCc3ccccc32)cc1. The van der Waals surface area contributed by atoms with Crippen LogP contribution in [0, 0.1) is 0 Å². The van der Waals surface area contributed by atoms with E-state index in [1.165, 1.54) is 24.1 Å². The molecule has 0 radical (unpaired) electrons. The number of aryl methyl sites for hydroxylation is 1. The van der Waals surface area contributed by atoms with Crippen LogP contribution in [0.1, 0.15) is 18.4 Å². The summed E-state index contributed by atoms with van der Waals surface area (Å²) in [6, 6.07) is 16.5. The molecular formula is C22H27N3OS. The van der Waals surface area contributed by atoms with Gasteiger partial charge in [0, 0.05) is 31.0 Å². The molecule has 0 aromatic heterocycles. The van der Waals surface area contributed by atoms with Gasteiger partial charge < -0.3 is 20.3 Å². The standard InChI is InChI=1S/C22H27N3OS/c1-2-17-26-20-12-10-19(11-13-20)24-22(27)23-14-6-16-25-15-5-8-18-7-3-4-9-21(18)25/h2-4,7,9-13H,1,5-6,8,14-17H2,(H2,23,24,27). The third-order valence-electron chi connectivity index (χ3n) is 4.58. The third kappa shape index (κ3) is 5.73. The van der Waals surface area contributed by atoms with Crippen molar-refractivity contribution in [3.63, 3.8) is 0 Å². The first-order valence-corrected chi connectivity index (χ1v) is 9.88. The average Bonchev–Trinajstić information content (AvgIpc) is 2.71. The monoisotopic (exact) mass is 381 g/mol. The smallest absolute Gasteiger partial charge is 0.170 e. The van der Waals surface area contributed by atoms with E-state index in [9.17, 15) is 0 Å². The first-order chi connectivity index (χ1) is 13.3. The van der Waals surface area contributed by atoms with Gasteiger partial charge in [-0.25, -0.2) is 0 Å². The fourth-order valence-electron chi connectivity index (χ4n) is 3.28. The molecule has 0 fully saturated rings. The molecule has 142 valence electrons. The Morgan fingerprint density at radius 3 is 2.81 bits per heavy atom. The summed E-state index contributed by atoms with van der Waals surface area (Å²) in [5, 5.41) is 7.15. The predicted molar refractivity (Wildman–Crippen MR) is 118 cm³/mol. The van der Waals surface area contributed by atoms with Gasteiger partial charge in [0.25, 0.3) is 0 Å². The predicted octanol–water partition coefficient (Wildman–Crippen LogP) is 4.38. The van der Waals surface area contributed by atoms with Gasteiger partial charge in [-0.2, -0.15) is 0 Å². The summed E-state index contributed by atoms with van der Waals surface area (Å²) < 4.78 is 5.48. The minimum atomic E-state index is 0.508. The summed E-state index contributed by atoms with van der Waals surface area (Å²) in [7, 11) is 0. The maximum absolute atomic E-state index is 5.48. The number of para-hydroxylation sites is 1. The number of hydrogen-bond donors (Lipinski definition) is 2. The van der Waals surface area contributed by atoms with Gasteiger partial charge in [0.1, 0.15) is 12.4 Å². The van der Waals surface area contributed by atoms with Crippen molar-refractivity contribution in [2.45, 2.75) is 19.3 Å². The normalized spacial score (nSPS) is 12.8. The summed E-state index contributed by atoms with van der Waals surface area (Å²) in [4.78, 5) is 2.49. The van der Waals surface area contributed by atoms with Crippen LogP contribution in [0.4, 0.5) is 11.4 Å². The second-order valence-corrected chi connectivity index (χ2v) is 6.99. The van der Waals surface area contributed by atoms with Gasteiger partial charge in [0.15, 0.2) is 5.11 Å². The van der Waals surface area contributed by atoms with Crippen molar-refractivity contribution in [3.05, 3.63) is 66.7 Å². The molecule has 4 nitrogen and oxygen atoms in total. The highest BCUT2D eigenvalue weighted by Gasteiger charge is 2.15. The first kappa shape index (κ1) is 19.2. The topological polar surface area (TPSA) is 36.5 Å². The molecule has 3 rings (SSSR count). The van der Waals surface area contributed by atoms with E-state index in [-0.39, 0.29) is 0 Å². The van der Waals surface area contributed by atoms with E-state index in [4.69, 9.17) is 17.0 Å². The Morgan fingerprint density at radius 1 is 1.19 bits per heavy atom. The molecule has 1 heterocycles. The molecule has 0 amide bonds. The Bertz CT molecular complexity index is 760. The van der Waals surface area contributed by atoms with Crippen LogP contribution in [0.2, 0.25) is 0 Å². The Hall–Kier alpha value is -2.53. The van der Waals surface area contributed by atoms with Crippen LogP contribution in [-0.4, -0.2) is 31.4 Å². The fourth-order valence-corrected chi connectivity index (χ4v) is 3.50. The van der Waals surface area contributed by atoms with Crippen molar-refractivity contribution < 1.29 is 4.74 Å². The Kier molecular flexibility index (Phi) is 7.11. The number of benzene rings is 2. The van der Waals surface area contributed by atoms with Crippen LogP contribution < -0.4 is 20.3 Å². The van der Waals surface area contributed by atoms with Crippen LogP contribution in [0.25, 0.3) is 0 Å². The molecule has 1 aliphatic heterocycles. The summed E-state index contributed by atoms with van der Waals surface area (Å²) in [5.74, 6) is 0.821. The lowest BCUT2D eigenvalue weighted by atomic mass is 10.0. The van der Waals surface area contributed by atoms with E-state index in [1.807, 2.05) is 24.3 Å². The molecular weight excluding hydrogens is 354 g/mol. The number of thiocarbonyl (C=S) groups is 1. The maximum Gasteiger partial charge on any atom is 0.170 e. The fraction of sp³-hybridized carbons (Fsp3) is 0.318. The van der Waals surface area contributed by atoms with E-state index in [0.717, 1.165) is 37.5 Å². The summed E-state index contributed by atoms with van der Waals surface area (Å²) in [6.07, 6.45) is 5.20. The molecule has 1 aliphatic rings. The number of rotatable bonds is 8. The Balaban J connectivity index is 1.38. The minimum Gasteiger partial charge on any atom is -0.490 e. The van der Waals surface area contributed by atoms with Crippen LogP contribution in [0.5, 0.6) is 5.75 Å². The maximum atomic E-state index is 5.48. The molecule has 0 atom stereocenters. The van der Waals surface area contributed by atoms with Crippen molar-refractivity contribution in [3.8, 4) is 5.75 Å². The molecule has 0 spiro atoms. The van der Waals surface area contributed by atoms with Crippen molar-refractivity contribution in [2.75, 3.05) is 36.5 Å². The minimum absolute atomic E-state index is 0.508. The summed E-state index contributed by atoms with van der Waals surface area (Å²) >= 11 is 5.39. The van der Waals surface area contributed by atoms with Crippen LogP contribution >= 0.6 is 12.2 Å². The molecule has 0 saturated heterocycles. The second kappa shape index (κ2) is 9.97. The van der Waals surface area contributed by atoms with Crippen LogP contribution in [0.3, 0.4) is 0 Å². The highest BCUT2D eigenvalue weighted by atomic mass is 32.1. The summed E-state index contributed by atoms with van der Waals surface area (Å²) in [5.41, 5.74) is 3.81. The van der Waals surface area contributed by atoms with Crippen LogP contribution in [0.15, 0.2) is 61.2 Å². The summed E-state index contributed by atoms with van der Waals surface area (Å²) in [6.45, 7) is 7.19. The van der Waals surface area contributed by atoms with Gasteiger partial charge in [-0.1, -0.05) is 30.9 Å². The van der Waals surface area contributed by atoms with Crippen molar-refractivity contribution in [2.24, 2.45) is 0 Å². The van der Waals surface area contributed by atoms with Gasteiger partial charge in [-0.05, 0) is 67.4 Å². The van der Waals surface area contributed by atoms with Crippen molar-refractivity contribution in [1.29, 1.82) is 0 Å². The Labute approximate surface area is 167 Å². The number of nitrogens with zero attached hydrogens (tertiary/aromatic N) is 1. The van der Waals surface area contributed by atoms with Gasteiger partial charge >= 0.3 is 0 Å². The molecule has 0 aliphatic carbocycles. The highest BCUT2D eigenvalue weighted by Crippen LogP contribution is 2.26. The molecule has 27 heavy (non-hydrogen) atoms.